The third-order valence-corrected chi connectivity index (χ3v) is 4.18. The molecule has 0 aliphatic heterocycles. The molecule has 0 aliphatic rings. The monoisotopic (exact) mass is 380 g/mol. The molecule has 0 spiro atoms. The molecule has 0 amide bonds. The van der Waals surface area contributed by atoms with Crippen LogP contribution in [0.1, 0.15) is 30.5 Å². The van der Waals surface area contributed by atoms with Crippen LogP contribution in [0.4, 0.5) is 11.6 Å². The van der Waals surface area contributed by atoms with E-state index in [0.717, 1.165) is 22.4 Å². The zero-order chi connectivity index (χ0) is 20.3. The fraction of sp³-hybridized carbons (Fsp3) is 0.286. The number of anilines is 2. The molecular weight excluding hydrogens is 356 g/mol. The molecule has 1 aromatic heterocycles. The Morgan fingerprint density at radius 2 is 1.82 bits per heavy atom. The third kappa shape index (κ3) is 4.68. The van der Waals surface area contributed by atoms with E-state index >= 15 is 0 Å². The van der Waals surface area contributed by atoms with Crippen molar-refractivity contribution in [3.63, 3.8) is 0 Å². The normalized spacial score (nSPS) is 10.9. The Labute approximate surface area is 163 Å². The summed E-state index contributed by atoms with van der Waals surface area (Å²) in [6.45, 7) is 8.16. The lowest BCUT2D eigenvalue weighted by molar-refractivity contribution is 0.241. The highest BCUT2D eigenvalue weighted by Crippen LogP contribution is 2.24. The molecule has 7 heteroatoms. The van der Waals surface area contributed by atoms with Crippen molar-refractivity contribution >= 4 is 11.6 Å². The second kappa shape index (κ2) is 8.12. The van der Waals surface area contributed by atoms with Crippen LogP contribution in [0.3, 0.4) is 0 Å². The highest BCUT2D eigenvalue weighted by molar-refractivity contribution is 5.57. The molecule has 7 nitrogen and oxygen atoms in total. The Balaban J connectivity index is 1.93. The first kappa shape index (κ1) is 19.4. The minimum absolute atomic E-state index is 0.0755. The van der Waals surface area contributed by atoms with Crippen molar-refractivity contribution in [1.82, 2.24) is 14.5 Å². The minimum atomic E-state index is -0.691. The van der Waals surface area contributed by atoms with Gasteiger partial charge in [-0.05, 0) is 57.0 Å². The summed E-state index contributed by atoms with van der Waals surface area (Å²) >= 11 is 0. The van der Waals surface area contributed by atoms with Gasteiger partial charge in [-0.1, -0.05) is 29.8 Å². The molecule has 1 heterocycles. The second-order valence-corrected chi connectivity index (χ2v) is 7.01. The van der Waals surface area contributed by atoms with E-state index in [-0.39, 0.29) is 12.1 Å². The zero-order valence-corrected chi connectivity index (χ0v) is 16.4. The first-order chi connectivity index (χ1) is 13.3. The van der Waals surface area contributed by atoms with Gasteiger partial charge in [0.25, 0.3) is 0 Å². The Hall–Kier alpha value is -3.35. The van der Waals surface area contributed by atoms with E-state index < -0.39 is 11.4 Å². The summed E-state index contributed by atoms with van der Waals surface area (Å²) in [5.41, 5.74) is 2.51. The summed E-state index contributed by atoms with van der Waals surface area (Å²) < 4.78 is 7.15. The number of nitrogens with one attached hydrogen (secondary N) is 2. The van der Waals surface area contributed by atoms with Crippen molar-refractivity contribution in [3.05, 3.63) is 80.1 Å². The van der Waals surface area contributed by atoms with Crippen LogP contribution in [-0.4, -0.2) is 20.6 Å². The molecule has 0 radical (unpaired) electrons. The average molecular weight is 380 g/mol. The molecular formula is C21H24N4O3. The highest BCUT2D eigenvalue weighted by atomic mass is 16.5. The van der Waals surface area contributed by atoms with Crippen LogP contribution in [0.5, 0.6) is 5.75 Å². The highest BCUT2D eigenvalue weighted by Gasteiger charge is 2.10. The summed E-state index contributed by atoms with van der Waals surface area (Å²) in [5.74, 6) is 0.975. The lowest BCUT2D eigenvalue weighted by Crippen LogP contribution is -2.34. The van der Waals surface area contributed by atoms with Crippen molar-refractivity contribution < 1.29 is 4.74 Å². The Morgan fingerprint density at radius 3 is 2.46 bits per heavy atom. The molecule has 0 atom stereocenters. The van der Waals surface area contributed by atoms with Crippen LogP contribution in [-0.2, 0) is 6.54 Å². The van der Waals surface area contributed by atoms with Crippen LogP contribution >= 0.6 is 0 Å². The predicted octanol–water partition coefficient (Wildman–Crippen LogP) is 3.13. The molecule has 2 aromatic carbocycles. The van der Waals surface area contributed by atoms with Gasteiger partial charge in [0.15, 0.2) is 0 Å². The van der Waals surface area contributed by atoms with Crippen molar-refractivity contribution in [2.45, 2.75) is 40.3 Å². The Kier molecular flexibility index (Phi) is 5.63. The van der Waals surface area contributed by atoms with Gasteiger partial charge in [0.05, 0.1) is 12.6 Å². The van der Waals surface area contributed by atoms with E-state index in [1.807, 2.05) is 70.2 Å². The smallest absolute Gasteiger partial charge is 0.352 e. The van der Waals surface area contributed by atoms with Gasteiger partial charge in [-0.2, -0.15) is 4.98 Å². The molecule has 146 valence electrons. The van der Waals surface area contributed by atoms with Gasteiger partial charge >= 0.3 is 11.4 Å². The van der Waals surface area contributed by atoms with Gasteiger partial charge in [0, 0.05) is 5.69 Å². The number of aryl methyl sites for hydroxylation is 2. The van der Waals surface area contributed by atoms with E-state index in [2.05, 4.69) is 15.3 Å². The first-order valence-corrected chi connectivity index (χ1v) is 9.13. The predicted molar refractivity (Wildman–Crippen MR) is 110 cm³/mol. The molecule has 2 N–H and O–H groups in total. The van der Waals surface area contributed by atoms with Crippen molar-refractivity contribution in [3.8, 4) is 5.75 Å². The number of aromatic nitrogens is 3. The summed E-state index contributed by atoms with van der Waals surface area (Å²) in [5, 5.41) is 3.08. The number of H-pyrrole nitrogens is 1. The maximum Gasteiger partial charge on any atom is 0.352 e. The Bertz CT molecular complexity index is 1080. The van der Waals surface area contributed by atoms with Gasteiger partial charge in [0.1, 0.15) is 5.75 Å². The quantitative estimate of drug-likeness (QED) is 0.686. The van der Waals surface area contributed by atoms with Crippen molar-refractivity contribution in [2.75, 3.05) is 5.32 Å². The third-order valence-electron chi connectivity index (χ3n) is 4.18. The summed E-state index contributed by atoms with van der Waals surface area (Å²) in [7, 11) is 0. The van der Waals surface area contributed by atoms with Gasteiger partial charge in [-0.15, -0.1) is 0 Å². The molecule has 28 heavy (non-hydrogen) atoms. The fourth-order valence-electron chi connectivity index (χ4n) is 2.80. The number of benzene rings is 2. The Morgan fingerprint density at radius 1 is 1.11 bits per heavy atom. The van der Waals surface area contributed by atoms with E-state index in [0.29, 0.717) is 12.2 Å². The topological polar surface area (TPSA) is 89.0 Å². The molecule has 0 fully saturated rings. The zero-order valence-electron chi connectivity index (χ0n) is 16.4. The maximum absolute atomic E-state index is 12.4. The fourth-order valence-corrected chi connectivity index (χ4v) is 2.80. The van der Waals surface area contributed by atoms with Gasteiger partial charge in [-0.3, -0.25) is 9.55 Å². The van der Waals surface area contributed by atoms with Crippen molar-refractivity contribution in [2.24, 2.45) is 0 Å². The molecule has 0 unspecified atom stereocenters. The van der Waals surface area contributed by atoms with Gasteiger partial charge in [0.2, 0.25) is 5.95 Å². The first-order valence-electron chi connectivity index (χ1n) is 9.13. The molecule has 3 aromatic rings. The summed E-state index contributed by atoms with van der Waals surface area (Å²) in [4.78, 5) is 30.3. The van der Waals surface area contributed by atoms with E-state index in [4.69, 9.17) is 4.74 Å². The standard InChI is InChI=1S/C21H24N4O3/c1-13(2)28-18-10-9-17(11-15(18)4)22-19-23-20(26)24-21(27)25(19)12-16-7-5-14(3)6-8-16/h5-11,13H,12H2,1-4H3,(H2,22,23,24,26,27). The van der Waals surface area contributed by atoms with Gasteiger partial charge < -0.3 is 10.1 Å². The number of nitrogens with zero attached hydrogens (tertiary/aromatic N) is 2. The molecule has 0 saturated heterocycles. The number of hydrogen-bond acceptors (Lipinski definition) is 5. The van der Waals surface area contributed by atoms with Crippen LogP contribution < -0.4 is 21.4 Å². The molecule has 0 bridgehead atoms. The van der Waals surface area contributed by atoms with Crippen LogP contribution in [0.15, 0.2) is 52.1 Å². The summed E-state index contributed by atoms with van der Waals surface area (Å²) in [6.07, 6.45) is 0.0755. The van der Waals surface area contributed by atoms with Crippen molar-refractivity contribution in [1.29, 1.82) is 0 Å². The van der Waals surface area contributed by atoms with E-state index in [1.165, 1.54) is 4.57 Å². The molecule has 3 rings (SSSR count). The lowest BCUT2D eigenvalue weighted by Gasteiger charge is -2.15. The SMILES string of the molecule is Cc1ccc(Cn2c(Nc3ccc(OC(C)C)c(C)c3)nc(=O)[nH]c2=O)cc1. The average Bonchev–Trinajstić information content (AvgIpc) is 2.61. The number of hydrogen-bond donors (Lipinski definition) is 2. The van der Waals surface area contributed by atoms with Crippen LogP contribution in [0.25, 0.3) is 0 Å². The van der Waals surface area contributed by atoms with Gasteiger partial charge in [-0.25, -0.2) is 9.59 Å². The lowest BCUT2D eigenvalue weighted by atomic mass is 10.1. The number of rotatable bonds is 6. The number of aromatic amines is 1. The van der Waals surface area contributed by atoms with Crippen LogP contribution in [0, 0.1) is 13.8 Å². The van der Waals surface area contributed by atoms with Crippen LogP contribution in [0.2, 0.25) is 0 Å². The molecule has 0 aliphatic carbocycles. The van der Waals surface area contributed by atoms with E-state index in [9.17, 15) is 9.59 Å². The molecule has 0 saturated carbocycles. The minimum Gasteiger partial charge on any atom is -0.491 e. The maximum atomic E-state index is 12.4. The van der Waals surface area contributed by atoms with E-state index in [1.54, 1.807) is 0 Å². The largest absolute Gasteiger partial charge is 0.491 e. The summed E-state index contributed by atoms with van der Waals surface area (Å²) in [6, 6.07) is 13.4. The second-order valence-electron chi connectivity index (χ2n) is 7.01. The number of ether oxygens (including phenoxy) is 1.